The molecule has 0 saturated heterocycles. The number of nitrogens with zero attached hydrogens (tertiary/aromatic N) is 1. The van der Waals surface area contributed by atoms with E-state index in [-0.39, 0.29) is 16.9 Å². The summed E-state index contributed by atoms with van der Waals surface area (Å²) in [7, 11) is 0. The van der Waals surface area contributed by atoms with E-state index in [0.717, 1.165) is 11.6 Å². The lowest BCUT2D eigenvalue weighted by atomic mass is 10.1. The maximum atomic E-state index is 12.1. The highest BCUT2D eigenvalue weighted by Crippen LogP contribution is 2.26. The second-order valence-corrected chi connectivity index (χ2v) is 6.99. The topological polar surface area (TPSA) is 108 Å². The van der Waals surface area contributed by atoms with Crippen LogP contribution in [0.1, 0.15) is 36.7 Å². The van der Waals surface area contributed by atoms with E-state index in [2.05, 4.69) is 5.32 Å². The van der Waals surface area contributed by atoms with Crippen LogP contribution in [0.5, 0.6) is 0 Å². The Morgan fingerprint density at radius 2 is 1.79 bits per heavy atom. The zero-order valence-corrected chi connectivity index (χ0v) is 15.9. The van der Waals surface area contributed by atoms with Crippen molar-refractivity contribution < 1.29 is 24.0 Å². The van der Waals surface area contributed by atoms with Gasteiger partial charge in [-0.1, -0.05) is 30.3 Å². The molecule has 2 rings (SSSR count). The maximum absolute atomic E-state index is 12.1. The molecule has 8 heteroatoms. The van der Waals surface area contributed by atoms with Crippen LogP contribution >= 0.6 is 0 Å². The van der Waals surface area contributed by atoms with Gasteiger partial charge in [-0.25, -0.2) is 9.59 Å². The summed E-state index contributed by atoms with van der Waals surface area (Å²) in [6.07, 6.45) is 0. The average Bonchev–Trinajstić information content (AvgIpc) is 2.63. The molecule has 0 radical (unpaired) electrons. The Morgan fingerprint density at radius 3 is 2.39 bits per heavy atom. The van der Waals surface area contributed by atoms with Crippen LogP contribution in [0.3, 0.4) is 0 Å². The van der Waals surface area contributed by atoms with Crippen molar-refractivity contribution in [3.8, 4) is 0 Å². The molecular formula is C20H22N2O6. The van der Waals surface area contributed by atoms with Crippen LogP contribution in [0.2, 0.25) is 0 Å². The third kappa shape index (κ3) is 6.39. The predicted octanol–water partition coefficient (Wildman–Crippen LogP) is 3.71. The van der Waals surface area contributed by atoms with Gasteiger partial charge in [0.15, 0.2) is 6.61 Å². The van der Waals surface area contributed by atoms with Gasteiger partial charge in [-0.15, -0.1) is 0 Å². The molecule has 0 heterocycles. The monoisotopic (exact) mass is 386 g/mol. The number of ether oxygens (including phenoxy) is 2. The van der Waals surface area contributed by atoms with Gasteiger partial charge < -0.3 is 14.8 Å². The van der Waals surface area contributed by atoms with E-state index < -0.39 is 29.1 Å². The highest BCUT2D eigenvalue weighted by atomic mass is 16.6. The molecule has 0 aliphatic rings. The zero-order valence-electron chi connectivity index (χ0n) is 15.9. The molecule has 0 fully saturated rings. The number of rotatable bonds is 7. The number of anilines is 1. The van der Waals surface area contributed by atoms with Crippen molar-refractivity contribution in [1.29, 1.82) is 0 Å². The van der Waals surface area contributed by atoms with Crippen LogP contribution in [-0.4, -0.2) is 29.1 Å². The summed E-state index contributed by atoms with van der Waals surface area (Å²) in [5, 5.41) is 14.4. The lowest BCUT2D eigenvalue weighted by molar-refractivity contribution is -0.384. The summed E-state index contributed by atoms with van der Waals surface area (Å²) in [5.74, 6) is -1.54. The van der Waals surface area contributed by atoms with Crippen molar-refractivity contribution in [2.45, 2.75) is 32.9 Å². The summed E-state index contributed by atoms with van der Waals surface area (Å²) >= 11 is 0. The minimum absolute atomic E-state index is 0.0273. The fourth-order valence-electron chi connectivity index (χ4n) is 2.33. The Kier molecular flexibility index (Phi) is 6.70. The number of hydrogen-bond acceptors (Lipinski definition) is 7. The first-order valence-electron chi connectivity index (χ1n) is 8.61. The number of nitro groups is 1. The highest BCUT2D eigenvalue weighted by Gasteiger charge is 2.21. The first-order valence-corrected chi connectivity index (χ1v) is 8.61. The van der Waals surface area contributed by atoms with Crippen LogP contribution in [-0.2, 0) is 20.8 Å². The smallest absolute Gasteiger partial charge is 0.344 e. The summed E-state index contributed by atoms with van der Waals surface area (Å²) in [6.45, 7) is 4.90. The van der Waals surface area contributed by atoms with Gasteiger partial charge >= 0.3 is 11.9 Å². The standard InChI is InChI=1S/C20H22N2O6/c1-20(2,3)28-18(23)13-27-19(24)15-9-10-16(17(11-15)22(25)26)21-12-14-7-5-4-6-8-14/h4-11,21H,12-13H2,1-3H3. The quantitative estimate of drug-likeness (QED) is 0.439. The number of nitrogens with one attached hydrogen (secondary N) is 1. The number of hydrogen-bond donors (Lipinski definition) is 1. The number of carbonyl (C=O) groups is 2. The lowest BCUT2D eigenvalue weighted by Gasteiger charge is -2.19. The summed E-state index contributed by atoms with van der Waals surface area (Å²) in [5.41, 5.74) is 0.243. The van der Waals surface area contributed by atoms with Crippen molar-refractivity contribution in [3.63, 3.8) is 0 Å². The molecule has 8 nitrogen and oxygen atoms in total. The van der Waals surface area contributed by atoms with Gasteiger partial charge in [0.05, 0.1) is 10.5 Å². The molecule has 2 aromatic rings. The normalized spacial score (nSPS) is 10.8. The Morgan fingerprint density at radius 1 is 1.11 bits per heavy atom. The highest BCUT2D eigenvalue weighted by molar-refractivity contribution is 5.92. The molecule has 0 saturated carbocycles. The Balaban J connectivity index is 2.05. The first kappa shape index (κ1) is 20.9. The van der Waals surface area contributed by atoms with Crippen LogP contribution in [0.25, 0.3) is 0 Å². The number of esters is 2. The third-order valence-corrected chi connectivity index (χ3v) is 3.50. The summed E-state index contributed by atoms with van der Waals surface area (Å²) < 4.78 is 9.93. The molecule has 0 aliphatic heterocycles. The van der Waals surface area contributed by atoms with Crippen LogP contribution in [0.4, 0.5) is 11.4 Å². The molecule has 148 valence electrons. The molecule has 0 unspecified atom stereocenters. The molecule has 0 aliphatic carbocycles. The van der Waals surface area contributed by atoms with E-state index in [4.69, 9.17) is 9.47 Å². The van der Waals surface area contributed by atoms with E-state index in [1.54, 1.807) is 20.8 Å². The fourth-order valence-corrected chi connectivity index (χ4v) is 2.33. The number of carbonyl (C=O) groups excluding carboxylic acids is 2. The molecule has 1 N–H and O–H groups in total. The molecule has 0 bridgehead atoms. The molecule has 0 atom stereocenters. The number of benzene rings is 2. The van der Waals surface area contributed by atoms with Crippen molar-refractivity contribution in [2.75, 3.05) is 11.9 Å². The van der Waals surface area contributed by atoms with Gasteiger partial charge in [-0.05, 0) is 38.5 Å². The Labute approximate surface area is 162 Å². The van der Waals surface area contributed by atoms with Crippen LogP contribution in [0, 0.1) is 10.1 Å². The van der Waals surface area contributed by atoms with E-state index in [9.17, 15) is 19.7 Å². The van der Waals surface area contributed by atoms with E-state index in [1.165, 1.54) is 12.1 Å². The average molecular weight is 386 g/mol. The SMILES string of the molecule is CC(C)(C)OC(=O)COC(=O)c1ccc(NCc2ccccc2)c([N+](=O)[O-])c1. The van der Waals surface area contributed by atoms with Gasteiger partial charge in [0.1, 0.15) is 11.3 Å². The Bertz CT molecular complexity index is 859. The summed E-state index contributed by atoms with van der Waals surface area (Å²) in [6, 6.07) is 13.4. The van der Waals surface area contributed by atoms with E-state index in [1.807, 2.05) is 30.3 Å². The third-order valence-electron chi connectivity index (χ3n) is 3.50. The Hall–Kier alpha value is -3.42. The van der Waals surface area contributed by atoms with Gasteiger partial charge in [0.25, 0.3) is 5.69 Å². The largest absolute Gasteiger partial charge is 0.457 e. The second-order valence-electron chi connectivity index (χ2n) is 6.99. The maximum Gasteiger partial charge on any atom is 0.344 e. The molecule has 0 aromatic heterocycles. The van der Waals surface area contributed by atoms with Crippen molar-refractivity contribution in [2.24, 2.45) is 0 Å². The van der Waals surface area contributed by atoms with Gasteiger partial charge in [0, 0.05) is 12.6 Å². The number of nitro benzene ring substituents is 1. The van der Waals surface area contributed by atoms with Crippen molar-refractivity contribution in [3.05, 3.63) is 69.8 Å². The van der Waals surface area contributed by atoms with Gasteiger partial charge in [0.2, 0.25) is 0 Å². The molecule has 28 heavy (non-hydrogen) atoms. The van der Waals surface area contributed by atoms with Crippen LogP contribution < -0.4 is 5.32 Å². The molecule has 0 amide bonds. The van der Waals surface area contributed by atoms with Gasteiger partial charge in [-0.3, -0.25) is 10.1 Å². The van der Waals surface area contributed by atoms with Crippen molar-refractivity contribution >= 4 is 23.3 Å². The molecular weight excluding hydrogens is 364 g/mol. The summed E-state index contributed by atoms with van der Waals surface area (Å²) in [4.78, 5) is 34.5. The van der Waals surface area contributed by atoms with Crippen LogP contribution in [0.15, 0.2) is 48.5 Å². The minimum atomic E-state index is -0.844. The fraction of sp³-hybridized carbons (Fsp3) is 0.300. The molecule has 0 spiro atoms. The minimum Gasteiger partial charge on any atom is -0.457 e. The molecule has 2 aromatic carbocycles. The predicted molar refractivity (Wildman–Crippen MR) is 103 cm³/mol. The van der Waals surface area contributed by atoms with E-state index in [0.29, 0.717) is 6.54 Å². The first-order chi connectivity index (χ1) is 13.2. The lowest BCUT2D eigenvalue weighted by Crippen LogP contribution is -2.27. The van der Waals surface area contributed by atoms with Crippen molar-refractivity contribution in [1.82, 2.24) is 0 Å². The second kappa shape index (κ2) is 8.98. The zero-order chi connectivity index (χ0) is 20.7. The van der Waals surface area contributed by atoms with Gasteiger partial charge in [-0.2, -0.15) is 0 Å². The van der Waals surface area contributed by atoms with E-state index >= 15 is 0 Å².